The number of halogens is 1. The van der Waals surface area contributed by atoms with Crippen molar-refractivity contribution >= 4 is 50.7 Å². The maximum absolute atomic E-state index is 13.7. The zero-order valence-electron chi connectivity index (χ0n) is 23.3. The fourth-order valence-electron chi connectivity index (χ4n) is 6.37. The zero-order valence-corrected chi connectivity index (χ0v) is 24.9. The summed E-state index contributed by atoms with van der Waals surface area (Å²) >= 11 is 6.05. The zero-order chi connectivity index (χ0) is 29.1. The average molecular weight is 605 g/mol. The van der Waals surface area contributed by atoms with E-state index in [2.05, 4.69) is 4.90 Å². The highest BCUT2D eigenvalue weighted by atomic mass is 35.5. The quantitative estimate of drug-likeness (QED) is 0.302. The number of carbonyl (C=O) groups excluding carboxylic acids is 3. The van der Waals surface area contributed by atoms with Crippen LogP contribution < -0.4 is 0 Å². The van der Waals surface area contributed by atoms with Crippen molar-refractivity contribution in [3.8, 4) is 0 Å². The Balaban J connectivity index is 1.31. The first-order valence-corrected chi connectivity index (χ1v) is 16.2. The van der Waals surface area contributed by atoms with Gasteiger partial charge in [-0.15, -0.1) is 0 Å². The number of benzene rings is 2. The normalized spacial score (nSPS) is 23.0. The molecule has 0 aromatic heterocycles. The minimum atomic E-state index is -4.40. The highest BCUT2D eigenvalue weighted by Gasteiger charge is 2.47. The van der Waals surface area contributed by atoms with Crippen LogP contribution in [-0.2, 0) is 29.2 Å². The number of amides is 2. The van der Waals surface area contributed by atoms with Gasteiger partial charge in [-0.3, -0.25) is 14.4 Å². The number of hydrogen-bond donors (Lipinski definition) is 0. The Bertz CT molecular complexity index is 1400. The summed E-state index contributed by atoms with van der Waals surface area (Å²) in [6.07, 6.45) is 6.38. The van der Waals surface area contributed by atoms with Crippen LogP contribution in [0.15, 0.2) is 41.3 Å². The van der Waals surface area contributed by atoms with Gasteiger partial charge in [0.15, 0.2) is 0 Å². The third-order valence-electron chi connectivity index (χ3n) is 8.63. The molecule has 2 unspecified atom stereocenters. The van der Waals surface area contributed by atoms with Gasteiger partial charge in [-0.1, -0.05) is 23.7 Å². The highest BCUT2D eigenvalue weighted by Crippen LogP contribution is 2.30. The summed E-state index contributed by atoms with van der Waals surface area (Å²) in [5.74, 6) is -0.682. The molecule has 2 aromatic carbocycles. The molecule has 0 spiro atoms. The van der Waals surface area contributed by atoms with Crippen LogP contribution in [0, 0.1) is 0 Å². The summed E-state index contributed by atoms with van der Waals surface area (Å²) in [5.41, 5.74) is 0. The molecule has 5 rings (SSSR count). The Morgan fingerprint density at radius 1 is 1.05 bits per heavy atom. The van der Waals surface area contributed by atoms with E-state index in [1.54, 1.807) is 31.2 Å². The Morgan fingerprint density at radius 2 is 1.76 bits per heavy atom. The van der Waals surface area contributed by atoms with E-state index in [0.717, 1.165) is 50.7 Å². The van der Waals surface area contributed by atoms with Crippen LogP contribution in [0.4, 0.5) is 0 Å². The number of rotatable bonds is 10. The monoisotopic (exact) mass is 604 g/mol. The minimum Gasteiger partial charge on any atom is -0.355 e. The van der Waals surface area contributed by atoms with E-state index < -0.39 is 28.0 Å². The fourth-order valence-corrected chi connectivity index (χ4v) is 7.95. The second-order valence-corrected chi connectivity index (χ2v) is 13.4. The van der Waals surface area contributed by atoms with E-state index in [1.807, 2.05) is 4.90 Å². The van der Waals surface area contributed by atoms with Crippen molar-refractivity contribution in [2.24, 2.45) is 0 Å². The smallest absolute Gasteiger partial charge is 0.314 e. The average Bonchev–Trinajstić information content (AvgIpc) is 3.63. The molecule has 41 heavy (non-hydrogen) atoms. The Morgan fingerprint density at radius 3 is 2.51 bits per heavy atom. The van der Waals surface area contributed by atoms with Gasteiger partial charge >= 0.3 is 6.47 Å². The van der Waals surface area contributed by atoms with E-state index >= 15 is 0 Å². The second-order valence-electron chi connectivity index (χ2n) is 11.1. The molecule has 0 radical (unpaired) electrons. The molecular formula is C29H37ClN4O6S. The molecule has 3 fully saturated rings. The van der Waals surface area contributed by atoms with Crippen LogP contribution >= 0.6 is 11.6 Å². The van der Waals surface area contributed by atoms with Crippen molar-refractivity contribution in [3.63, 3.8) is 0 Å². The molecule has 2 amide bonds. The van der Waals surface area contributed by atoms with Crippen molar-refractivity contribution < 1.29 is 27.6 Å². The number of nitrogens with zero attached hydrogens (tertiary/aromatic N) is 4. The van der Waals surface area contributed by atoms with Crippen LogP contribution in [0.3, 0.4) is 0 Å². The first-order chi connectivity index (χ1) is 19.7. The molecule has 0 N–H and O–H groups in total. The highest BCUT2D eigenvalue weighted by molar-refractivity contribution is 7.89. The van der Waals surface area contributed by atoms with Gasteiger partial charge in [-0.05, 0) is 104 Å². The van der Waals surface area contributed by atoms with Gasteiger partial charge in [-0.25, -0.2) is 8.42 Å². The first-order valence-electron chi connectivity index (χ1n) is 14.4. The third-order valence-corrected chi connectivity index (χ3v) is 10.5. The second kappa shape index (κ2) is 12.6. The lowest BCUT2D eigenvalue weighted by Gasteiger charge is -2.39. The van der Waals surface area contributed by atoms with Gasteiger partial charge in [-0.2, -0.15) is 0 Å². The lowest BCUT2D eigenvalue weighted by atomic mass is 9.98. The van der Waals surface area contributed by atoms with Crippen LogP contribution in [0.1, 0.15) is 51.9 Å². The van der Waals surface area contributed by atoms with Crippen molar-refractivity contribution in [3.05, 3.63) is 41.4 Å². The van der Waals surface area contributed by atoms with Crippen LogP contribution in [0.5, 0.6) is 0 Å². The lowest BCUT2D eigenvalue weighted by Crippen LogP contribution is -2.54. The van der Waals surface area contributed by atoms with E-state index in [1.165, 1.54) is 29.9 Å². The molecule has 3 aliphatic heterocycles. The molecule has 3 saturated heterocycles. The van der Waals surface area contributed by atoms with E-state index in [0.29, 0.717) is 21.4 Å². The molecule has 0 bridgehead atoms. The van der Waals surface area contributed by atoms with Gasteiger partial charge in [0.2, 0.25) is 11.8 Å². The fraction of sp³-hybridized carbons (Fsp3) is 0.552. The summed E-state index contributed by atoms with van der Waals surface area (Å²) in [4.78, 5) is 49.3. The topological polar surface area (TPSA) is 108 Å². The van der Waals surface area contributed by atoms with Crippen molar-refractivity contribution in [2.45, 2.75) is 74.9 Å². The number of hydroxylamine groups is 1. The minimum absolute atomic E-state index is 0.00158. The molecule has 3 aliphatic rings. The number of piperidine rings is 1. The largest absolute Gasteiger partial charge is 0.355 e. The maximum atomic E-state index is 13.7. The molecular weight excluding hydrogens is 568 g/mol. The van der Waals surface area contributed by atoms with Crippen molar-refractivity contribution in [1.82, 2.24) is 19.2 Å². The number of sulfonamides is 1. The molecule has 12 heteroatoms. The summed E-state index contributed by atoms with van der Waals surface area (Å²) < 4.78 is 27.7. The van der Waals surface area contributed by atoms with E-state index in [-0.39, 0.29) is 36.3 Å². The molecule has 3 atom stereocenters. The molecule has 0 aliphatic carbocycles. The van der Waals surface area contributed by atoms with Crippen molar-refractivity contribution in [2.75, 3.05) is 32.7 Å². The first kappa shape index (κ1) is 29.8. The number of fused-ring (bicyclic) bond motifs is 1. The molecule has 0 saturated carbocycles. The number of likely N-dealkylation sites (tertiary alicyclic amines) is 3. The number of hydrogen-bond acceptors (Lipinski definition) is 7. The molecule has 222 valence electrons. The van der Waals surface area contributed by atoms with Crippen LogP contribution in [0.2, 0.25) is 5.02 Å². The van der Waals surface area contributed by atoms with Gasteiger partial charge in [0.25, 0.3) is 10.0 Å². The Labute approximate surface area is 246 Å². The van der Waals surface area contributed by atoms with Crippen molar-refractivity contribution in [1.29, 1.82) is 0 Å². The Kier molecular flexibility index (Phi) is 9.18. The summed E-state index contributed by atoms with van der Waals surface area (Å²) in [6.45, 7) is 5.71. The summed E-state index contributed by atoms with van der Waals surface area (Å²) in [5, 5.41) is 1.88. The van der Waals surface area contributed by atoms with Gasteiger partial charge in [0.1, 0.15) is 12.1 Å². The SMILES string of the molecule is C[C@@H](C(=O)N1CCCCC1CCN1CCCC1)N1CCC(N(OC=O)S(=O)(=O)c2ccc3cc(Cl)ccc3c2)C1=O. The number of carbonyl (C=O) groups is 3. The van der Waals surface area contributed by atoms with E-state index in [4.69, 9.17) is 16.4 Å². The maximum Gasteiger partial charge on any atom is 0.314 e. The predicted molar refractivity (Wildman–Crippen MR) is 154 cm³/mol. The molecule has 3 heterocycles. The predicted octanol–water partition coefficient (Wildman–Crippen LogP) is 3.43. The summed E-state index contributed by atoms with van der Waals surface area (Å²) in [6, 6.07) is 7.59. The van der Waals surface area contributed by atoms with Gasteiger partial charge in [0, 0.05) is 30.7 Å². The van der Waals surface area contributed by atoms with Gasteiger partial charge < -0.3 is 19.5 Å². The molecule has 10 nitrogen and oxygen atoms in total. The summed E-state index contributed by atoms with van der Waals surface area (Å²) in [7, 11) is -4.40. The van der Waals surface area contributed by atoms with Crippen LogP contribution in [0.25, 0.3) is 10.8 Å². The molecule has 2 aromatic rings. The van der Waals surface area contributed by atoms with Crippen LogP contribution in [-0.4, -0.2) is 96.7 Å². The van der Waals surface area contributed by atoms with Gasteiger partial charge in [0.05, 0.1) is 4.90 Å². The third kappa shape index (κ3) is 6.23. The standard InChI is InChI=1S/C29H37ClN4O6S/c1-21(28(36)33-15-3-2-6-25(33)11-16-31-13-4-5-14-31)32-17-12-27(29(32)37)34(40-20-35)41(38,39)26-10-8-22-18-24(30)9-7-23(22)19-26/h7-10,18-21,25,27H,2-6,11-17H2,1H3/t21-,25?,27?/m0/s1. The lowest BCUT2D eigenvalue weighted by molar-refractivity contribution is -0.164. The van der Waals surface area contributed by atoms with E-state index in [9.17, 15) is 22.8 Å². The Hall–Kier alpha value is -2.73.